The van der Waals surface area contributed by atoms with E-state index in [1.807, 2.05) is 12.1 Å². The zero-order chi connectivity index (χ0) is 16.1. The molecule has 0 aromatic heterocycles. The van der Waals surface area contributed by atoms with Gasteiger partial charge in [0.25, 0.3) is 0 Å². The van der Waals surface area contributed by atoms with Gasteiger partial charge in [-0.25, -0.2) is 0 Å². The Morgan fingerprint density at radius 1 is 1.23 bits per heavy atom. The maximum absolute atomic E-state index is 11.9. The number of carboxylic acids is 1. The normalized spacial score (nSPS) is 20.8. The summed E-state index contributed by atoms with van der Waals surface area (Å²) in [6, 6.07) is 5.47. The fraction of sp³-hybridized carbons (Fsp3) is 0.500. The summed E-state index contributed by atoms with van der Waals surface area (Å²) in [7, 11) is 0. The lowest BCUT2D eigenvalue weighted by Gasteiger charge is -2.12. The third-order valence-electron chi connectivity index (χ3n) is 4.00. The minimum atomic E-state index is -0.767. The topological polar surface area (TPSA) is 66.4 Å². The summed E-state index contributed by atoms with van der Waals surface area (Å²) in [5.74, 6) is -1.10. The standard InChI is InChI=1S/C16H19Cl2NO3/c17-13-7-4-10(8-14(13)18)2-1-3-15(20)19-12-6-5-11(9-12)16(21)22/h4,7-8,11-12H,1-3,5-6,9H2,(H,19,20)(H,21,22)/t11-,12+/m1/s1. The average Bonchev–Trinajstić information content (AvgIpc) is 2.91. The van der Waals surface area contributed by atoms with Crippen LogP contribution in [0.25, 0.3) is 0 Å². The zero-order valence-corrected chi connectivity index (χ0v) is 13.7. The molecule has 1 aromatic carbocycles. The highest BCUT2D eigenvalue weighted by molar-refractivity contribution is 6.42. The molecule has 0 heterocycles. The first-order valence-electron chi connectivity index (χ1n) is 7.42. The van der Waals surface area contributed by atoms with Crippen molar-refractivity contribution in [2.24, 2.45) is 5.92 Å². The maximum atomic E-state index is 11.9. The summed E-state index contributed by atoms with van der Waals surface area (Å²) in [6.07, 6.45) is 3.83. The summed E-state index contributed by atoms with van der Waals surface area (Å²) in [5, 5.41) is 12.9. The van der Waals surface area contributed by atoms with Gasteiger partial charge in [-0.15, -0.1) is 0 Å². The first kappa shape index (κ1) is 17.1. The molecule has 0 spiro atoms. The Balaban J connectivity index is 1.70. The summed E-state index contributed by atoms with van der Waals surface area (Å²) in [4.78, 5) is 22.8. The van der Waals surface area contributed by atoms with E-state index in [2.05, 4.69) is 5.32 Å². The summed E-state index contributed by atoms with van der Waals surface area (Å²) >= 11 is 11.8. The zero-order valence-electron chi connectivity index (χ0n) is 12.1. The van der Waals surface area contributed by atoms with Crippen molar-refractivity contribution >= 4 is 35.1 Å². The van der Waals surface area contributed by atoms with Crippen molar-refractivity contribution < 1.29 is 14.7 Å². The molecule has 0 aliphatic heterocycles. The van der Waals surface area contributed by atoms with Crippen molar-refractivity contribution in [1.82, 2.24) is 5.32 Å². The third-order valence-corrected chi connectivity index (χ3v) is 4.74. The first-order chi connectivity index (χ1) is 10.5. The first-order valence-corrected chi connectivity index (χ1v) is 8.17. The van der Waals surface area contributed by atoms with E-state index in [1.54, 1.807) is 6.07 Å². The van der Waals surface area contributed by atoms with Gasteiger partial charge in [0.15, 0.2) is 0 Å². The van der Waals surface area contributed by atoms with Gasteiger partial charge in [0.2, 0.25) is 5.91 Å². The average molecular weight is 344 g/mol. The number of benzene rings is 1. The molecule has 22 heavy (non-hydrogen) atoms. The third kappa shape index (κ3) is 4.89. The van der Waals surface area contributed by atoms with Crippen molar-refractivity contribution in [1.29, 1.82) is 0 Å². The molecule has 1 amide bonds. The number of hydrogen-bond acceptors (Lipinski definition) is 2. The van der Waals surface area contributed by atoms with Gasteiger partial charge in [0, 0.05) is 12.5 Å². The smallest absolute Gasteiger partial charge is 0.306 e. The van der Waals surface area contributed by atoms with Crippen LogP contribution in [-0.2, 0) is 16.0 Å². The molecule has 4 nitrogen and oxygen atoms in total. The molecule has 1 aromatic rings. The number of nitrogens with one attached hydrogen (secondary N) is 1. The Bertz CT molecular complexity index is 562. The number of aliphatic carboxylic acids is 1. The van der Waals surface area contributed by atoms with Gasteiger partial charge in [0.1, 0.15) is 0 Å². The molecular weight excluding hydrogens is 325 g/mol. The molecule has 0 bridgehead atoms. The van der Waals surface area contributed by atoms with Crippen LogP contribution in [-0.4, -0.2) is 23.0 Å². The fourth-order valence-electron chi connectivity index (χ4n) is 2.78. The molecule has 1 fully saturated rings. The van der Waals surface area contributed by atoms with Crippen molar-refractivity contribution in [2.45, 2.75) is 44.6 Å². The molecule has 0 saturated heterocycles. The van der Waals surface area contributed by atoms with Crippen LogP contribution in [0, 0.1) is 5.92 Å². The van der Waals surface area contributed by atoms with E-state index >= 15 is 0 Å². The second-order valence-electron chi connectivity index (χ2n) is 5.71. The van der Waals surface area contributed by atoms with Crippen LogP contribution in [0.4, 0.5) is 0 Å². The van der Waals surface area contributed by atoms with Gasteiger partial charge in [-0.05, 0) is 49.8 Å². The Kier molecular flexibility index (Phi) is 6.09. The quantitative estimate of drug-likeness (QED) is 0.827. The van der Waals surface area contributed by atoms with Gasteiger partial charge in [-0.2, -0.15) is 0 Å². The lowest BCUT2D eigenvalue weighted by molar-refractivity contribution is -0.141. The molecule has 1 aliphatic carbocycles. The van der Waals surface area contributed by atoms with Crippen molar-refractivity contribution in [2.75, 3.05) is 0 Å². The predicted molar refractivity (Wildman–Crippen MR) is 86.3 cm³/mol. The van der Waals surface area contributed by atoms with E-state index in [9.17, 15) is 9.59 Å². The van der Waals surface area contributed by atoms with Crippen LogP contribution in [0.3, 0.4) is 0 Å². The molecular formula is C16H19Cl2NO3. The molecule has 2 atom stereocenters. The monoisotopic (exact) mass is 343 g/mol. The predicted octanol–water partition coefficient (Wildman–Crippen LogP) is 3.69. The van der Waals surface area contributed by atoms with Crippen molar-refractivity contribution in [3.8, 4) is 0 Å². The molecule has 1 aliphatic rings. The number of carbonyl (C=O) groups is 2. The van der Waals surface area contributed by atoms with E-state index in [0.717, 1.165) is 24.8 Å². The lowest BCUT2D eigenvalue weighted by atomic mass is 10.1. The van der Waals surface area contributed by atoms with Gasteiger partial charge in [-0.1, -0.05) is 29.3 Å². The van der Waals surface area contributed by atoms with Gasteiger partial charge < -0.3 is 10.4 Å². The summed E-state index contributed by atoms with van der Waals surface area (Å²) < 4.78 is 0. The minimum absolute atomic E-state index is 0.00132. The Hall–Kier alpha value is -1.26. The Labute approximate surface area is 139 Å². The van der Waals surface area contributed by atoms with Crippen LogP contribution < -0.4 is 5.32 Å². The van der Waals surface area contributed by atoms with E-state index in [4.69, 9.17) is 28.3 Å². The molecule has 2 N–H and O–H groups in total. The number of rotatable bonds is 6. The summed E-state index contributed by atoms with van der Waals surface area (Å²) in [6.45, 7) is 0. The van der Waals surface area contributed by atoms with Gasteiger partial charge in [-0.3, -0.25) is 9.59 Å². The van der Waals surface area contributed by atoms with Crippen LogP contribution in [0.1, 0.15) is 37.7 Å². The number of carboxylic acid groups (broad SMARTS) is 1. The number of halogens is 2. The molecule has 2 rings (SSSR count). The number of aryl methyl sites for hydroxylation is 1. The van der Waals surface area contributed by atoms with E-state index < -0.39 is 5.97 Å². The molecule has 1 saturated carbocycles. The fourth-order valence-corrected chi connectivity index (χ4v) is 3.11. The van der Waals surface area contributed by atoms with E-state index in [1.165, 1.54) is 0 Å². The van der Waals surface area contributed by atoms with Crippen molar-refractivity contribution in [3.63, 3.8) is 0 Å². The number of carbonyl (C=O) groups excluding carboxylic acids is 1. The highest BCUT2D eigenvalue weighted by Gasteiger charge is 2.30. The largest absolute Gasteiger partial charge is 0.481 e. The highest BCUT2D eigenvalue weighted by Crippen LogP contribution is 2.26. The van der Waals surface area contributed by atoms with Crippen molar-refractivity contribution in [3.05, 3.63) is 33.8 Å². The minimum Gasteiger partial charge on any atom is -0.481 e. The molecule has 0 radical (unpaired) electrons. The van der Waals surface area contributed by atoms with Crippen LogP contribution in [0.2, 0.25) is 10.0 Å². The second-order valence-corrected chi connectivity index (χ2v) is 6.53. The highest BCUT2D eigenvalue weighted by atomic mass is 35.5. The van der Waals surface area contributed by atoms with E-state index in [0.29, 0.717) is 29.3 Å². The second kappa shape index (κ2) is 7.84. The number of amides is 1. The Morgan fingerprint density at radius 2 is 2.00 bits per heavy atom. The van der Waals surface area contributed by atoms with Crippen LogP contribution in [0.15, 0.2) is 18.2 Å². The number of hydrogen-bond donors (Lipinski definition) is 2. The summed E-state index contributed by atoms with van der Waals surface area (Å²) in [5.41, 5.74) is 1.05. The van der Waals surface area contributed by atoms with Crippen LogP contribution in [0.5, 0.6) is 0 Å². The SMILES string of the molecule is O=C(CCCc1ccc(Cl)c(Cl)c1)N[C@H]1CC[C@@H](C(=O)O)C1. The Morgan fingerprint density at radius 3 is 2.64 bits per heavy atom. The van der Waals surface area contributed by atoms with Crippen LogP contribution >= 0.6 is 23.2 Å². The lowest BCUT2D eigenvalue weighted by Crippen LogP contribution is -2.33. The van der Waals surface area contributed by atoms with E-state index in [-0.39, 0.29) is 17.9 Å². The van der Waals surface area contributed by atoms with Gasteiger partial charge >= 0.3 is 5.97 Å². The molecule has 6 heteroatoms. The molecule has 0 unspecified atom stereocenters. The molecule has 120 valence electrons. The van der Waals surface area contributed by atoms with Gasteiger partial charge in [0.05, 0.1) is 16.0 Å². The maximum Gasteiger partial charge on any atom is 0.306 e.